The van der Waals surface area contributed by atoms with Crippen LogP contribution < -0.4 is 4.74 Å². The Morgan fingerprint density at radius 3 is 2.69 bits per heavy atom. The Hall–Kier alpha value is -1.71. The number of ether oxygens (including phenoxy) is 1. The molecule has 0 amide bonds. The molecule has 0 saturated heterocycles. The van der Waals surface area contributed by atoms with Crippen LogP contribution in [0.3, 0.4) is 0 Å². The molecule has 0 unspecified atom stereocenters. The predicted octanol–water partition coefficient (Wildman–Crippen LogP) is 1.60. The highest BCUT2D eigenvalue weighted by Crippen LogP contribution is 2.29. The Balaban J connectivity index is 3.23. The van der Waals surface area contributed by atoms with Crippen molar-refractivity contribution < 1.29 is 15.1 Å². The van der Waals surface area contributed by atoms with Crippen molar-refractivity contribution in [1.29, 1.82) is 0 Å². The second kappa shape index (κ2) is 3.80. The number of para-hydroxylation sites is 1. The number of aromatic hydroxyl groups is 1. The van der Waals surface area contributed by atoms with E-state index in [9.17, 15) is 5.11 Å². The van der Waals surface area contributed by atoms with Crippen molar-refractivity contribution in [1.82, 2.24) is 0 Å². The van der Waals surface area contributed by atoms with E-state index in [1.807, 2.05) is 0 Å². The third-order valence-electron chi connectivity index (χ3n) is 1.76. The summed E-state index contributed by atoms with van der Waals surface area (Å²) < 4.78 is 4.89. The van der Waals surface area contributed by atoms with Crippen molar-refractivity contribution in [3.63, 3.8) is 0 Å². The van der Waals surface area contributed by atoms with Gasteiger partial charge >= 0.3 is 0 Å². The molecular formula is C9H11NO3. The maximum absolute atomic E-state index is 9.57. The molecule has 0 radical (unpaired) electrons. The molecule has 0 saturated carbocycles. The van der Waals surface area contributed by atoms with E-state index in [0.29, 0.717) is 17.0 Å². The summed E-state index contributed by atoms with van der Waals surface area (Å²) in [4.78, 5) is 0. The highest BCUT2D eigenvalue weighted by molar-refractivity contribution is 6.01. The fraction of sp³-hybridized carbons (Fsp3) is 0.222. The van der Waals surface area contributed by atoms with Gasteiger partial charge in [-0.3, -0.25) is 0 Å². The van der Waals surface area contributed by atoms with Crippen molar-refractivity contribution in [2.24, 2.45) is 5.16 Å². The number of phenols is 1. The SMILES string of the molecule is COc1cccc(/C(C)=N/O)c1O. The van der Waals surface area contributed by atoms with E-state index in [1.165, 1.54) is 7.11 Å². The van der Waals surface area contributed by atoms with Gasteiger partial charge in [-0.05, 0) is 19.1 Å². The van der Waals surface area contributed by atoms with E-state index < -0.39 is 0 Å². The lowest BCUT2D eigenvalue weighted by Gasteiger charge is -2.06. The topological polar surface area (TPSA) is 62.0 Å². The van der Waals surface area contributed by atoms with Crippen LogP contribution in [0.5, 0.6) is 11.5 Å². The van der Waals surface area contributed by atoms with Crippen molar-refractivity contribution in [3.05, 3.63) is 23.8 Å². The maximum Gasteiger partial charge on any atom is 0.167 e. The minimum Gasteiger partial charge on any atom is -0.504 e. The van der Waals surface area contributed by atoms with Crippen molar-refractivity contribution in [3.8, 4) is 11.5 Å². The number of methoxy groups -OCH3 is 1. The van der Waals surface area contributed by atoms with Gasteiger partial charge in [-0.15, -0.1) is 0 Å². The second-order valence-corrected chi connectivity index (χ2v) is 2.54. The average Bonchev–Trinajstić information content (AvgIpc) is 2.17. The zero-order valence-corrected chi connectivity index (χ0v) is 7.48. The number of nitrogens with zero attached hydrogens (tertiary/aromatic N) is 1. The number of oxime groups is 1. The Morgan fingerprint density at radius 2 is 2.15 bits per heavy atom. The average molecular weight is 181 g/mol. The fourth-order valence-corrected chi connectivity index (χ4v) is 1.03. The summed E-state index contributed by atoms with van der Waals surface area (Å²) in [5.41, 5.74) is 0.804. The Labute approximate surface area is 76.1 Å². The van der Waals surface area contributed by atoms with Gasteiger partial charge in [0.25, 0.3) is 0 Å². The molecular weight excluding hydrogens is 170 g/mol. The molecule has 1 rings (SSSR count). The van der Waals surface area contributed by atoms with Gasteiger partial charge < -0.3 is 15.1 Å². The van der Waals surface area contributed by atoms with Gasteiger partial charge in [0.15, 0.2) is 11.5 Å². The van der Waals surface area contributed by atoms with Crippen molar-refractivity contribution in [2.75, 3.05) is 7.11 Å². The molecule has 1 aromatic rings. The second-order valence-electron chi connectivity index (χ2n) is 2.54. The van der Waals surface area contributed by atoms with Crippen molar-refractivity contribution in [2.45, 2.75) is 6.92 Å². The first kappa shape index (κ1) is 9.38. The third kappa shape index (κ3) is 1.72. The molecule has 4 nitrogen and oxygen atoms in total. The smallest absolute Gasteiger partial charge is 0.167 e. The number of hydrogen-bond acceptors (Lipinski definition) is 4. The molecule has 1 aromatic carbocycles. The first-order valence-corrected chi connectivity index (χ1v) is 3.75. The van der Waals surface area contributed by atoms with Gasteiger partial charge in [-0.1, -0.05) is 11.2 Å². The molecule has 70 valence electrons. The summed E-state index contributed by atoms with van der Waals surface area (Å²) in [6.07, 6.45) is 0. The highest BCUT2D eigenvalue weighted by Gasteiger charge is 2.09. The van der Waals surface area contributed by atoms with Gasteiger partial charge in [-0.2, -0.15) is 0 Å². The maximum atomic E-state index is 9.57. The van der Waals surface area contributed by atoms with Crippen LogP contribution in [-0.2, 0) is 0 Å². The normalized spacial score (nSPS) is 11.4. The van der Waals surface area contributed by atoms with E-state index in [0.717, 1.165) is 0 Å². The lowest BCUT2D eigenvalue weighted by Crippen LogP contribution is -1.96. The van der Waals surface area contributed by atoms with Gasteiger partial charge in [0.2, 0.25) is 0 Å². The van der Waals surface area contributed by atoms with E-state index in [2.05, 4.69) is 5.16 Å². The molecule has 0 aliphatic rings. The fourth-order valence-electron chi connectivity index (χ4n) is 1.03. The minimum atomic E-state index is -0.0136. The lowest BCUT2D eigenvalue weighted by molar-refractivity contribution is 0.318. The molecule has 0 aliphatic carbocycles. The van der Waals surface area contributed by atoms with Crippen LogP contribution in [0.2, 0.25) is 0 Å². The summed E-state index contributed by atoms with van der Waals surface area (Å²) in [5, 5.41) is 21.1. The zero-order chi connectivity index (χ0) is 9.84. The predicted molar refractivity (Wildman–Crippen MR) is 48.7 cm³/mol. The Morgan fingerprint density at radius 1 is 1.46 bits per heavy atom. The van der Waals surface area contributed by atoms with Gasteiger partial charge in [0.1, 0.15) is 0 Å². The molecule has 0 bridgehead atoms. The number of rotatable bonds is 2. The molecule has 4 heteroatoms. The minimum absolute atomic E-state index is 0.0136. The summed E-state index contributed by atoms with van der Waals surface area (Å²) >= 11 is 0. The van der Waals surface area contributed by atoms with E-state index in [1.54, 1.807) is 25.1 Å². The Bertz CT molecular complexity index is 334. The van der Waals surface area contributed by atoms with Crippen LogP contribution in [0.1, 0.15) is 12.5 Å². The summed E-state index contributed by atoms with van der Waals surface area (Å²) in [7, 11) is 1.46. The van der Waals surface area contributed by atoms with Crippen LogP contribution in [0.25, 0.3) is 0 Å². The van der Waals surface area contributed by atoms with E-state index >= 15 is 0 Å². The van der Waals surface area contributed by atoms with Crippen LogP contribution in [0.15, 0.2) is 23.4 Å². The Kier molecular flexibility index (Phi) is 2.74. The standard InChI is InChI=1S/C9H11NO3/c1-6(10-12)7-4-3-5-8(13-2)9(7)11/h3-5,11-12H,1-2H3/b10-6+. The summed E-state index contributed by atoms with van der Waals surface area (Å²) in [6, 6.07) is 4.99. The van der Waals surface area contributed by atoms with Gasteiger partial charge in [0.05, 0.1) is 12.8 Å². The van der Waals surface area contributed by atoms with Gasteiger partial charge in [-0.25, -0.2) is 0 Å². The quantitative estimate of drug-likeness (QED) is 0.414. The molecule has 2 N–H and O–H groups in total. The molecule has 0 aliphatic heterocycles. The number of hydrogen-bond donors (Lipinski definition) is 2. The van der Waals surface area contributed by atoms with E-state index in [4.69, 9.17) is 9.94 Å². The third-order valence-corrected chi connectivity index (χ3v) is 1.76. The largest absolute Gasteiger partial charge is 0.504 e. The molecule has 0 atom stereocenters. The molecule has 0 heterocycles. The molecule has 13 heavy (non-hydrogen) atoms. The van der Waals surface area contributed by atoms with Crippen LogP contribution in [-0.4, -0.2) is 23.1 Å². The van der Waals surface area contributed by atoms with Crippen LogP contribution in [0.4, 0.5) is 0 Å². The lowest BCUT2D eigenvalue weighted by atomic mass is 10.1. The summed E-state index contributed by atoms with van der Waals surface area (Å²) in [5.74, 6) is 0.348. The van der Waals surface area contributed by atoms with Crippen molar-refractivity contribution >= 4 is 5.71 Å². The number of phenolic OH excluding ortho intramolecular Hbond substituents is 1. The number of benzene rings is 1. The van der Waals surface area contributed by atoms with Crippen LogP contribution in [0, 0.1) is 0 Å². The highest BCUT2D eigenvalue weighted by atomic mass is 16.5. The summed E-state index contributed by atoms with van der Waals surface area (Å²) in [6.45, 7) is 1.59. The molecule has 0 spiro atoms. The van der Waals surface area contributed by atoms with Gasteiger partial charge in [0, 0.05) is 5.56 Å². The zero-order valence-electron chi connectivity index (χ0n) is 7.48. The molecule has 0 aromatic heterocycles. The monoisotopic (exact) mass is 181 g/mol. The van der Waals surface area contributed by atoms with E-state index in [-0.39, 0.29) is 5.75 Å². The van der Waals surface area contributed by atoms with Crippen LogP contribution >= 0.6 is 0 Å². The molecule has 0 fully saturated rings. The first-order valence-electron chi connectivity index (χ1n) is 3.75. The first-order chi connectivity index (χ1) is 6.20.